The highest BCUT2D eigenvalue weighted by Crippen LogP contribution is 2.23. The highest BCUT2D eigenvalue weighted by atomic mass is 79.9. The Hall–Kier alpha value is -1.73. The van der Waals surface area contributed by atoms with Gasteiger partial charge in [-0.2, -0.15) is 4.98 Å². The lowest BCUT2D eigenvalue weighted by Gasteiger charge is -2.26. The van der Waals surface area contributed by atoms with Crippen molar-refractivity contribution >= 4 is 21.8 Å². The molecule has 6 nitrogen and oxygen atoms in total. The van der Waals surface area contributed by atoms with Crippen molar-refractivity contribution in [3.8, 4) is 0 Å². The second-order valence-electron chi connectivity index (χ2n) is 4.31. The van der Waals surface area contributed by atoms with Gasteiger partial charge in [-0.05, 0) is 17.7 Å². The van der Waals surface area contributed by atoms with E-state index in [-0.39, 0.29) is 12.4 Å². The first-order chi connectivity index (χ1) is 9.52. The van der Waals surface area contributed by atoms with E-state index in [0.29, 0.717) is 5.89 Å². The molecule has 0 saturated carbocycles. The van der Waals surface area contributed by atoms with Gasteiger partial charge in [0.1, 0.15) is 0 Å². The molecule has 0 saturated heterocycles. The third kappa shape index (κ3) is 3.05. The predicted molar refractivity (Wildman–Crippen MR) is 75.1 cm³/mol. The lowest BCUT2D eigenvalue weighted by molar-refractivity contribution is 0.0643. The average molecular weight is 340 g/mol. The molecule has 2 aromatic rings. The normalized spacial score (nSPS) is 12.2. The maximum absolute atomic E-state index is 12.2. The Bertz CT molecular complexity index is 614. The van der Waals surface area contributed by atoms with Crippen molar-refractivity contribution in [2.75, 3.05) is 13.7 Å². The zero-order valence-electron chi connectivity index (χ0n) is 11.1. The molecule has 1 aromatic heterocycles. The molecule has 1 amide bonds. The number of aryl methyl sites for hydroxylation is 1. The van der Waals surface area contributed by atoms with E-state index in [1.54, 1.807) is 14.0 Å². The summed E-state index contributed by atoms with van der Waals surface area (Å²) in [5, 5.41) is 13.2. The van der Waals surface area contributed by atoms with Crippen molar-refractivity contribution in [3.05, 3.63) is 46.0 Å². The van der Waals surface area contributed by atoms with Crippen LogP contribution in [0.2, 0.25) is 0 Å². The molecule has 1 aromatic carbocycles. The molecule has 1 atom stereocenters. The maximum Gasteiger partial charge on any atom is 0.295 e. The van der Waals surface area contributed by atoms with Gasteiger partial charge < -0.3 is 14.5 Å². The number of carbonyl (C=O) groups is 1. The number of halogens is 1. The predicted octanol–water partition coefficient (Wildman–Crippen LogP) is 1.95. The van der Waals surface area contributed by atoms with E-state index in [0.717, 1.165) is 10.0 Å². The first-order valence-corrected chi connectivity index (χ1v) is 6.76. The van der Waals surface area contributed by atoms with Gasteiger partial charge in [0.2, 0.25) is 5.89 Å². The van der Waals surface area contributed by atoms with Crippen molar-refractivity contribution < 1.29 is 14.4 Å². The Morgan fingerprint density at radius 2 is 2.30 bits per heavy atom. The summed E-state index contributed by atoms with van der Waals surface area (Å²) in [6.45, 7) is 1.41. The summed E-state index contributed by atoms with van der Waals surface area (Å²) in [6.07, 6.45) is 0. The Morgan fingerprint density at radius 1 is 1.55 bits per heavy atom. The van der Waals surface area contributed by atoms with Gasteiger partial charge in [-0.1, -0.05) is 33.2 Å². The van der Waals surface area contributed by atoms with E-state index < -0.39 is 11.9 Å². The smallest absolute Gasteiger partial charge is 0.295 e. The summed E-state index contributed by atoms with van der Waals surface area (Å²) in [5.74, 6) is -0.0934. The van der Waals surface area contributed by atoms with Gasteiger partial charge in [0.25, 0.3) is 11.7 Å². The van der Waals surface area contributed by atoms with E-state index in [1.807, 2.05) is 24.3 Å². The van der Waals surface area contributed by atoms with Gasteiger partial charge in [0.05, 0.1) is 12.6 Å². The molecule has 0 radical (unpaired) electrons. The molecule has 0 spiro atoms. The van der Waals surface area contributed by atoms with Crippen LogP contribution < -0.4 is 0 Å². The Labute approximate surface area is 124 Å². The molecule has 2 rings (SSSR count). The van der Waals surface area contributed by atoms with Crippen LogP contribution in [0.4, 0.5) is 0 Å². The highest BCUT2D eigenvalue weighted by Gasteiger charge is 2.25. The van der Waals surface area contributed by atoms with E-state index in [4.69, 9.17) is 4.52 Å². The van der Waals surface area contributed by atoms with Crippen LogP contribution in [0, 0.1) is 6.92 Å². The van der Waals surface area contributed by atoms with Crippen molar-refractivity contribution in [1.29, 1.82) is 0 Å². The van der Waals surface area contributed by atoms with Crippen LogP contribution in [-0.4, -0.2) is 39.7 Å². The van der Waals surface area contributed by atoms with E-state index in [2.05, 4.69) is 26.1 Å². The maximum atomic E-state index is 12.2. The van der Waals surface area contributed by atoms with Crippen LogP contribution >= 0.6 is 15.9 Å². The van der Waals surface area contributed by atoms with Crippen molar-refractivity contribution in [2.24, 2.45) is 0 Å². The summed E-state index contributed by atoms with van der Waals surface area (Å²) in [7, 11) is 1.59. The lowest BCUT2D eigenvalue weighted by atomic mass is 10.1. The number of hydrogen-bond donors (Lipinski definition) is 1. The van der Waals surface area contributed by atoms with Gasteiger partial charge >= 0.3 is 0 Å². The number of rotatable bonds is 4. The third-order valence-electron chi connectivity index (χ3n) is 2.91. The van der Waals surface area contributed by atoms with Crippen LogP contribution in [0.5, 0.6) is 0 Å². The zero-order chi connectivity index (χ0) is 14.7. The highest BCUT2D eigenvalue weighted by molar-refractivity contribution is 9.10. The topological polar surface area (TPSA) is 79.5 Å². The lowest BCUT2D eigenvalue weighted by Crippen LogP contribution is -2.34. The number of aliphatic hydroxyl groups is 1. The molecule has 106 valence electrons. The minimum absolute atomic E-state index is 0.0153. The van der Waals surface area contributed by atoms with Crippen molar-refractivity contribution in [2.45, 2.75) is 13.0 Å². The quantitative estimate of drug-likeness (QED) is 0.920. The fraction of sp³-hybridized carbons (Fsp3) is 0.308. The molecule has 0 aliphatic rings. The third-order valence-corrected chi connectivity index (χ3v) is 3.41. The fourth-order valence-electron chi connectivity index (χ4n) is 1.85. The number of aromatic nitrogens is 2. The molecule has 1 heterocycles. The minimum atomic E-state index is -0.473. The molecule has 20 heavy (non-hydrogen) atoms. The molecule has 0 aliphatic heterocycles. The van der Waals surface area contributed by atoms with Gasteiger partial charge in [-0.15, -0.1) is 0 Å². The molecule has 0 bridgehead atoms. The number of nitrogens with zero attached hydrogens (tertiary/aromatic N) is 3. The number of carbonyl (C=O) groups excluding carboxylic acids is 1. The average Bonchev–Trinajstić information content (AvgIpc) is 2.85. The van der Waals surface area contributed by atoms with Crippen molar-refractivity contribution in [3.63, 3.8) is 0 Å². The standard InChI is InChI=1S/C13H14BrN3O3/c1-8-15-12(16-20-8)13(19)17(2)11(7-18)9-4-3-5-10(14)6-9/h3-6,11,18H,7H2,1-2H3. The Kier molecular flexibility index (Phi) is 4.51. The molecular weight excluding hydrogens is 326 g/mol. The van der Waals surface area contributed by atoms with Gasteiger partial charge in [-0.25, -0.2) is 0 Å². The SMILES string of the molecule is Cc1nc(C(=O)N(C)C(CO)c2cccc(Br)c2)no1. The number of amides is 1. The molecule has 7 heteroatoms. The second-order valence-corrected chi connectivity index (χ2v) is 5.22. The Balaban J connectivity index is 2.25. The number of hydrogen-bond acceptors (Lipinski definition) is 5. The number of benzene rings is 1. The van der Waals surface area contributed by atoms with Gasteiger partial charge in [-0.3, -0.25) is 4.79 Å². The van der Waals surface area contributed by atoms with Crippen LogP contribution in [0.15, 0.2) is 33.3 Å². The first-order valence-electron chi connectivity index (χ1n) is 5.96. The number of likely N-dealkylation sites (N-methyl/N-ethyl adjacent to an activating group) is 1. The van der Waals surface area contributed by atoms with Gasteiger partial charge in [0.15, 0.2) is 0 Å². The summed E-state index contributed by atoms with van der Waals surface area (Å²) in [5.41, 5.74) is 0.818. The number of aliphatic hydroxyl groups excluding tert-OH is 1. The van der Waals surface area contributed by atoms with Crippen LogP contribution in [0.3, 0.4) is 0 Å². The van der Waals surface area contributed by atoms with Gasteiger partial charge in [0, 0.05) is 18.4 Å². The summed E-state index contributed by atoms with van der Waals surface area (Å²) >= 11 is 3.37. The largest absolute Gasteiger partial charge is 0.394 e. The Morgan fingerprint density at radius 3 is 2.85 bits per heavy atom. The zero-order valence-corrected chi connectivity index (χ0v) is 12.7. The molecule has 1 unspecified atom stereocenters. The molecule has 1 N–H and O–H groups in total. The summed E-state index contributed by atoms with van der Waals surface area (Å²) in [6, 6.07) is 6.95. The van der Waals surface area contributed by atoms with Crippen LogP contribution in [-0.2, 0) is 0 Å². The van der Waals surface area contributed by atoms with Crippen LogP contribution in [0.25, 0.3) is 0 Å². The fourth-order valence-corrected chi connectivity index (χ4v) is 2.27. The molecule has 0 fully saturated rings. The van der Waals surface area contributed by atoms with E-state index in [9.17, 15) is 9.90 Å². The first kappa shape index (κ1) is 14.7. The van der Waals surface area contributed by atoms with Crippen LogP contribution in [0.1, 0.15) is 28.1 Å². The molecular formula is C13H14BrN3O3. The monoisotopic (exact) mass is 339 g/mol. The summed E-state index contributed by atoms with van der Waals surface area (Å²) in [4.78, 5) is 17.5. The second kappa shape index (κ2) is 6.15. The van der Waals surface area contributed by atoms with E-state index in [1.165, 1.54) is 4.90 Å². The minimum Gasteiger partial charge on any atom is -0.394 e. The molecule has 0 aliphatic carbocycles. The van der Waals surface area contributed by atoms with E-state index >= 15 is 0 Å². The van der Waals surface area contributed by atoms with Crippen molar-refractivity contribution in [1.82, 2.24) is 15.0 Å². The summed E-state index contributed by atoms with van der Waals surface area (Å²) < 4.78 is 5.67.